The molecule has 1 aliphatic heterocycles. The fourth-order valence-corrected chi connectivity index (χ4v) is 4.31. The summed E-state index contributed by atoms with van der Waals surface area (Å²) < 4.78 is 0. The Morgan fingerprint density at radius 1 is 1.10 bits per heavy atom. The van der Waals surface area contributed by atoms with Gasteiger partial charge in [-0.25, -0.2) is 0 Å². The van der Waals surface area contributed by atoms with E-state index in [4.69, 9.17) is 11.6 Å². The van der Waals surface area contributed by atoms with Gasteiger partial charge in [0.15, 0.2) is 5.96 Å². The molecule has 2 aromatic carbocycles. The molecule has 0 saturated heterocycles. The fourth-order valence-electron chi connectivity index (χ4n) is 4.12. The van der Waals surface area contributed by atoms with Crippen molar-refractivity contribution in [3.63, 3.8) is 0 Å². The monoisotopic (exact) mass is 552 g/mol. The second-order valence-corrected chi connectivity index (χ2v) is 8.70. The summed E-state index contributed by atoms with van der Waals surface area (Å²) in [7, 11) is 1.78. The molecule has 1 heterocycles. The number of aliphatic imine (C=N–C) groups is 1. The quantitative estimate of drug-likeness (QED) is 0.231. The third-order valence-electron chi connectivity index (χ3n) is 6.16. The van der Waals surface area contributed by atoms with Crippen LogP contribution in [0.25, 0.3) is 0 Å². The molecule has 0 radical (unpaired) electrons. The molecular formula is C24H30ClIN4O. The van der Waals surface area contributed by atoms with Crippen LogP contribution in [-0.4, -0.2) is 36.9 Å². The smallest absolute Gasteiger partial charge is 0.223 e. The van der Waals surface area contributed by atoms with Crippen molar-refractivity contribution in [1.82, 2.24) is 15.5 Å². The van der Waals surface area contributed by atoms with Crippen molar-refractivity contribution < 1.29 is 4.79 Å². The number of nitrogens with one attached hydrogen (secondary N) is 2. The molecule has 1 amide bonds. The first-order valence-corrected chi connectivity index (χ1v) is 11.0. The summed E-state index contributed by atoms with van der Waals surface area (Å²) >= 11 is 6.16. The van der Waals surface area contributed by atoms with E-state index in [2.05, 4.69) is 39.9 Å². The van der Waals surface area contributed by atoms with Crippen molar-refractivity contribution in [2.75, 3.05) is 20.1 Å². The summed E-state index contributed by atoms with van der Waals surface area (Å²) in [6.45, 7) is 3.02. The molecular weight excluding hydrogens is 523 g/mol. The van der Waals surface area contributed by atoms with Crippen LogP contribution in [0.15, 0.2) is 53.5 Å². The van der Waals surface area contributed by atoms with Crippen LogP contribution in [-0.2, 0) is 23.3 Å². The predicted molar refractivity (Wildman–Crippen MR) is 137 cm³/mol. The number of rotatable bonds is 7. The number of hydrogen-bond acceptors (Lipinski definition) is 2. The Labute approximate surface area is 206 Å². The highest BCUT2D eigenvalue weighted by Gasteiger charge is 2.44. The Morgan fingerprint density at radius 3 is 2.42 bits per heavy atom. The first-order valence-electron chi connectivity index (χ1n) is 10.6. The normalized spacial score (nSPS) is 16.3. The molecule has 0 atom stereocenters. The van der Waals surface area contributed by atoms with Crippen LogP contribution in [0.1, 0.15) is 42.4 Å². The molecule has 166 valence electrons. The highest BCUT2D eigenvalue weighted by Crippen LogP contribution is 2.48. The van der Waals surface area contributed by atoms with E-state index in [1.54, 1.807) is 7.05 Å². The van der Waals surface area contributed by atoms with Crippen LogP contribution in [0.4, 0.5) is 0 Å². The zero-order chi connectivity index (χ0) is 21.0. The number of hydrogen-bond donors (Lipinski definition) is 2. The number of fused-ring (bicyclic) bond motifs is 1. The fraction of sp³-hybridized carbons (Fsp3) is 0.417. The summed E-state index contributed by atoms with van der Waals surface area (Å²) in [5.74, 6) is 0.998. The maximum absolute atomic E-state index is 12.5. The Balaban J connectivity index is 0.00000272. The van der Waals surface area contributed by atoms with Gasteiger partial charge in [0.1, 0.15) is 0 Å². The molecule has 2 N–H and O–H groups in total. The van der Waals surface area contributed by atoms with Crippen molar-refractivity contribution >= 4 is 47.4 Å². The molecule has 4 rings (SSSR count). The summed E-state index contributed by atoms with van der Waals surface area (Å²) in [5, 5.41) is 7.57. The number of carbonyl (C=O) groups excluding carboxylic acids is 1. The highest BCUT2D eigenvalue weighted by molar-refractivity contribution is 14.0. The largest absolute Gasteiger partial charge is 0.356 e. The van der Waals surface area contributed by atoms with Gasteiger partial charge in [-0.1, -0.05) is 48.0 Å². The molecule has 1 aliphatic carbocycles. The van der Waals surface area contributed by atoms with E-state index < -0.39 is 0 Å². The minimum Gasteiger partial charge on any atom is -0.356 e. The topological polar surface area (TPSA) is 56.7 Å². The van der Waals surface area contributed by atoms with Gasteiger partial charge in [0.25, 0.3) is 0 Å². The maximum Gasteiger partial charge on any atom is 0.223 e. The lowest BCUT2D eigenvalue weighted by molar-refractivity contribution is -0.131. The van der Waals surface area contributed by atoms with Crippen molar-refractivity contribution in [2.24, 2.45) is 4.99 Å². The molecule has 1 saturated carbocycles. The van der Waals surface area contributed by atoms with Gasteiger partial charge in [-0.05, 0) is 48.1 Å². The highest BCUT2D eigenvalue weighted by atomic mass is 127. The number of guanidine groups is 1. The van der Waals surface area contributed by atoms with E-state index in [-0.39, 0.29) is 35.3 Å². The van der Waals surface area contributed by atoms with Gasteiger partial charge in [-0.15, -0.1) is 24.0 Å². The lowest BCUT2D eigenvalue weighted by Gasteiger charge is -2.19. The van der Waals surface area contributed by atoms with Crippen LogP contribution in [0.2, 0.25) is 5.02 Å². The van der Waals surface area contributed by atoms with Crippen LogP contribution >= 0.6 is 35.6 Å². The zero-order valence-electron chi connectivity index (χ0n) is 17.9. The van der Waals surface area contributed by atoms with E-state index in [0.717, 1.165) is 56.4 Å². The molecule has 5 nitrogen and oxygen atoms in total. The minimum absolute atomic E-state index is 0. The van der Waals surface area contributed by atoms with Crippen LogP contribution in [0.5, 0.6) is 0 Å². The molecule has 2 aromatic rings. The number of halogens is 2. The first-order chi connectivity index (χ1) is 14.6. The second kappa shape index (κ2) is 10.7. The lowest BCUT2D eigenvalue weighted by Crippen LogP contribution is -2.41. The molecule has 31 heavy (non-hydrogen) atoms. The van der Waals surface area contributed by atoms with E-state index >= 15 is 0 Å². The van der Waals surface area contributed by atoms with Gasteiger partial charge in [0.05, 0.1) is 0 Å². The van der Waals surface area contributed by atoms with Crippen LogP contribution in [0, 0.1) is 0 Å². The van der Waals surface area contributed by atoms with Gasteiger partial charge < -0.3 is 15.5 Å². The van der Waals surface area contributed by atoms with Crippen molar-refractivity contribution in [1.29, 1.82) is 0 Å². The molecule has 7 heteroatoms. The van der Waals surface area contributed by atoms with E-state index in [9.17, 15) is 4.79 Å². The van der Waals surface area contributed by atoms with Crippen molar-refractivity contribution in [3.8, 4) is 0 Å². The van der Waals surface area contributed by atoms with Gasteiger partial charge in [0, 0.05) is 50.1 Å². The second-order valence-electron chi connectivity index (χ2n) is 8.27. The number of benzene rings is 2. The summed E-state index contributed by atoms with van der Waals surface area (Å²) in [6, 6.07) is 16.4. The summed E-state index contributed by atoms with van der Waals surface area (Å²) in [6.07, 6.45) is 3.64. The number of amides is 1. The minimum atomic E-state index is 0. The average Bonchev–Trinajstić information content (AvgIpc) is 3.43. The van der Waals surface area contributed by atoms with Crippen molar-refractivity contribution in [2.45, 2.75) is 44.2 Å². The SMILES string of the molecule is CN=C(NCCCC(=O)N1Cc2ccccc2C1)NCC1(c2cccc(Cl)c2)CC1.I. The summed E-state index contributed by atoms with van der Waals surface area (Å²) in [4.78, 5) is 18.8. The third-order valence-corrected chi connectivity index (χ3v) is 6.40. The van der Waals surface area contributed by atoms with Gasteiger partial charge in [0.2, 0.25) is 5.91 Å². The molecule has 0 bridgehead atoms. The lowest BCUT2D eigenvalue weighted by atomic mass is 9.96. The van der Waals surface area contributed by atoms with E-state index in [1.165, 1.54) is 16.7 Å². The molecule has 0 aromatic heterocycles. The Kier molecular flexibility index (Phi) is 8.22. The Morgan fingerprint density at radius 2 is 1.81 bits per heavy atom. The Hall–Kier alpha value is -1.80. The molecule has 1 fully saturated rings. The van der Waals surface area contributed by atoms with Gasteiger partial charge in [-0.3, -0.25) is 9.79 Å². The number of nitrogens with zero attached hydrogens (tertiary/aromatic N) is 2. The standard InChI is InChI=1S/C24H29ClN4O.HI/c1-26-23(28-17-24(11-12-24)20-8-4-9-21(25)14-20)27-13-5-10-22(30)29-15-18-6-2-3-7-19(18)16-29;/h2-4,6-9,14H,5,10-13,15-17H2,1H3,(H2,26,27,28);1H. The van der Waals surface area contributed by atoms with Crippen LogP contribution < -0.4 is 10.6 Å². The Bertz CT molecular complexity index is 920. The number of carbonyl (C=O) groups is 1. The predicted octanol–water partition coefficient (Wildman–Crippen LogP) is 4.48. The van der Waals surface area contributed by atoms with Gasteiger partial charge >= 0.3 is 0 Å². The third kappa shape index (κ3) is 5.92. The maximum atomic E-state index is 12.5. The van der Waals surface area contributed by atoms with E-state index in [1.807, 2.05) is 29.2 Å². The molecule has 0 unspecified atom stereocenters. The average molecular weight is 553 g/mol. The zero-order valence-corrected chi connectivity index (χ0v) is 21.0. The van der Waals surface area contributed by atoms with Gasteiger partial charge in [-0.2, -0.15) is 0 Å². The molecule has 0 spiro atoms. The van der Waals surface area contributed by atoms with Crippen molar-refractivity contribution in [3.05, 3.63) is 70.2 Å². The van der Waals surface area contributed by atoms with Crippen LogP contribution in [0.3, 0.4) is 0 Å². The summed E-state index contributed by atoms with van der Waals surface area (Å²) in [5.41, 5.74) is 3.98. The first kappa shape index (κ1) is 23.9. The molecule has 2 aliphatic rings. The van der Waals surface area contributed by atoms with E-state index in [0.29, 0.717) is 6.42 Å².